The average Bonchev–Trinajstić information content (AvgIpc) is 3.35. The Balaban J connectivity index is 1.82. The molecule has 11 heteroatoms. The zero-order valence-corrected chi connectivity index (χ0v) is 23.5. The molecular weight excluding hydrogens is 530 g/mol. The van der Waals surface area contributed by atoms with Crippen LogP contribution in [-0.2, 0) is 4.79 Å². The van der Waals surface area contributed by atoms with Crippen LogP contribution in [0, 0.1) is 0 Å². The number of aromatic nitrogens is 1. The van der Waals surface area contributed by atoms with E-state index < -0.39 is 17.9 Å². The number of rotatable bonds is 11. The summed E-state index contributed by atoms with van der Waals surface area (Å²) < 4.78 is 15.2. The van der Waals surface area contributed by atoms with E-state index in [-0.39, 0.29) is 28.2 Å². The fraction of sp³-hybridized carbons (Fsp3) is 0.379. The summed E-state index contributed by atoms with van der Waals surface area (Å²) in [7, 11) is 0. The molecule has 10 nitrogen and oxygen atoms in total. The number of nitrogen functional groups attached to an aromatic ring is 1. The number of hydrogen-bond donors (Lipinski definition) is 3. The quantitative estimate of drug-likeness (QED) is 0.311. The van der Waals surface area contributed by atoms with E-state index in [1.807, 2.05) is 13.8 Å². The van der Waals surface area contributed by atoms with E-state index in [2.05, 4.69) is 9.69 Å². The lowest BCUT2D eigenvalue weighted by molar-refractivity contribution is -0.123. The second-order valence-corrected chi connectivity index (χ2v) is 10.3. The fourth-order valence-electron chi connectivity index (χ4n) is 4.85. The molecule has 0 bridgehead atoms. The first-order valence-electron chi connectivity index (χ1n) is 13.5. The zero-order chi connectivity index (χ0) is 28.6. The van der Waals surface area contributed by atoms with E-state index in [1.165, 1.54) is 4.90 Å². The summed E-state index contributed by atoms with van der Waals surface area (Å²) in [5.41, 5.74) is 12.3. The summed E-state index contributed by atoms with van der Waals surface area (Å²) in [5.74, 6) is -0.468. The second kappa shape index (κ2) is 13.3. The standard InChI is InChI=1S/C29H35N5O5S/c1-3-38-21-14-10-18(11-15-21)25(28(36)32-19-8-6-5-7-9-19)34(20-12-16-22(17-13-20)39-4-2)29(37)26-23(30)24(27(31)35)33-40-26/h10-17,19,25H,3-9,30H2,1-2H3,(H2,31,35)(H,32,36). The maximum Gasteiger partial charge on any atom is 0.273 e. The number of carbonyl (C=O) groups excluding carboxylic acids is 3. The number of nitrogens with two attached hydrogens (primary N) is 2. The first kappa shape index (κ1) is 28.9. The van der Waals surface area contributed by atoms with Crippen molar-refractivity contribution in [2.75, 3.05) is 23.8 Å². The molecule has 40 heavy (non-hydrogen) atoms. The van der Waals surface area contributed by atoms with Crippen molar-refractivity contribution in [3.05, 3.63) is 64.7 Å². The summed E-state index contributed by atoms with van der Waals surface area (Å²) in [6.07, 6.45) is 4.96. The van der Waals surface area contributed by atoms with Crippen molar-refractivity contribution >= 4 is 40.6 Å². The monoisotopic (exact) mass is 565 g/mol. The van der Waals surface area contributed by atoms with Gasteiger partial charge in [-0.1, -0.05) is 31.4 Å². The molecule has 0 radical (unpaired) electrons. The summed E-state index contributed by atoms with van der Waals surface area (Å²) >= 11 is 0.772. The average molecular weight is 566 g/mol. The molecule has 0 saturated heterocycles. The molecule has 212 valence electrons. The number of nitrogens with zero attached hydrogens (tertiary/aromatic N) is 2. The Morgan fingerprint density at radius 2 is 1.55 bits per heavy atom. The molecule has 1 saturated carbocycles. The van der Waals surface area contributed by atoms with Gasteiger partial charge in [-0.25, -0.2) is 0 Å². The number of hydrogen-bond acceptors (Lipinski definition) is 8. The Bertz CT molecular complexity index is 1320. The van der Waals surface area contributed by atoms with Crippen LogP contribution in [0.25, 0.3) is 0 Å². The highest BCUT2D eigenvalue weighted by molar-refractivity contribution is 7.09. The SMILES string of the molecule is CCOc1ccc(C(C(=O)NC2CCCCC2)N(C(=O)c2snc(C(N)=O)c2N)c2ccc(OCC)cc2)cc1. The fourth-order valence-corrected chi connectivity index (χ4v) is 5.59. The number of nitrogens with one attached hydrogen (secondary N) is 1. The van der Waals surface area contributed by atoms with Gasteiger partial charge in [0.05, 0.1) is 18.9 Å². The minimum atomic E-state index is -1.05. The van der Waals surface area contributed by atoms with Crippen LogP contribution in [0.4, 0.5) is 11.4 Å². The molecule has 5 N–H and O–H groups in total. The Morgan fingerprint density at radius 1 is 0.975 bits per heavy atom. The van der Waals surface area contributed by atoms with Gasteiger partial charge in [0.25, 0.3) is 11.8 Å². The van der Waals surface area contributed by atoms with Crippen molar-refractivity contribution in [2.24, 2.45) is 5.73 Å². The third-order valence-corrected chi connectivity index (χ3v) is 7.62. The third-order valence-electron chi connectivity index (χ3n) is 6.77. The van der Waals surface area contributed by atoms with Crippen LogP contribution in [0.15, 0.2) is 48.5 Å². The molecule has 1 aliphatic rings. The van der Waals surface area contributed by atoms with Gasteiger partial charge in [0.1, 0.15) is 22.4 Å². The van der Waals surface area contributed by atoms with Crippen LogP contribution in [0.1, 0.15) is 77.7 Å². The van der Waals surface area contributed by atoms with Crippen molar-refractivity contribution in [1.82, 2.24) is 9.69 Å². The van der Waals surface area contributed by atoms with E-state index in [1.54, 1.807) is 48.5 Å². The van der Waals surface area contributed by atoms with Gasteiger partial charge in [0, 0.05) is 11.7 Å². The third kappa shape index (κ3) is 6.53. The summed E-state index contributed by atoms with van der Waals surface area (Å²) in [5, 5.41) is 3.18. The molecule has 0 spiro atoms. The minimum absolute atomic E-state index is 0.0127. The lowest BCUT2D eigenvalue weighted by Gasteiger charge is -2.33. The molecule has 1 unspecified atom stereocenters. The molecule has 2 aromatic carbocycles. The van der Waals surface area contributed by atoms with Gasteiger partial charge in [-0.3, -0.25) is 19.3 Å². The van der Waals surface area contributed by atoms with Gasteiger partial charge in [-0.05, 0) is 80.2 Å². The zero-order valence-electron chi connectivity index (χ0n) is 22.7. The van der Waals surface area contributed by atoms with Crippen molar-refractivity contribution in [2.45, 2.75) is 58.0 Å². The molecule has 1 aliphatic carbocycles. The Labute approximate surface area is 237 Å². The predicted molar refractivity (Wildman–Crippen MR) is 155 cm³/mol. The second-order valence-electron chi connectivity index (χ2n) is 9.49. The summed E-state index contributed by atoms with van der Waals surface area (Å²) in [6, 6.07) is 12.9. The van der Waals surface area contributed by atoms with Crippen LogP contribution in [0.2, 0.25) is 0 Å². The molecule has 1 fully saturated rings. The number of benzene rings is 2. The lowest BCUT2D eigenvalue weighted by atomic mass is 9.94. The Kier molecular flexibility index (Phi) is 9.60. The largest absolute Gasteiger partial charge is 0.494 e. The summed E-state index contributed by atoms with van der Waals surface area (Å²) in [6.45, 7) is 4.74. The van der Waals surface area contributed by atoms with Crippen LogP contribution < -0.4 is 31.2 Å². The number of anilines is 2. The number of primary amides is 1. The molecule has 3 amide bonds. The normalized spacial score (nSPS) is 14.2. The predicted octanol–water partition coefficient (Wildman–Crippen LogP) is 4.46. The first-order chi connectivity index (χ1) is 19.3. The highest BCUT2D eigenvalue weighted by atomic mass is 32.1. The molecule has 0 aliphatic heterocycles. The van der Waals surface area contributed by atoms with Gasteiger partial charge in [-0.15, -0.1) is 0 Å². The molecule has 3 aromatic rings. The maximum atomic E-state index is 14.2. The van der Waals surface area contributed by atoms with Gasteiger partial charge in [0.2, 0.25) is 5.91 Å². The van der Waals surface area contributed by atoms with Crippen LogP contribution in [0.3, 0.4) is 0 Å². The van der Waals surface area contributed by atoms with E-state index in [0.717, 1.165) is 43.6 Å². The van der Waals surface area contributed by atoms with Crippen molar-refractivity contribution in [3.63, 3.8) is 0 Å². The summed E-state index contributed by atoms with van der Waals surface area (Å²) in [4.78, 5) is 41.5. The van der Waals surface area contributed by atoms with E-state index in [4.69, 9.17) is 20.9 Å². The van der Waals surface area contributed by atoms with Gasteiger partial charge in [-0.2, -0.15) is 4.37 Å². The van der Waals surface area contributed by atoms with Crippen LogP contribution in [0.5, 0.6) is 11.5 Å². The highest BCUT2D eigenvalue weighted by Gasteiger charge is 2.37. The molecule has 1 atom stereocenters. The van der Waals surface area contributed by atoms with E-state index >= 15 is 0 Å². The number of amides is 3. The van der Waals surface area contributed by atoms with E-state index in [0.29, 0.717) is 36.0 Å². The van der Waals surface area contributed by atoms with Crippen LogP contribution >= 0.6 is 11.5 Å². The Morgan fingerprint density at radius 3 is 2.08 bits per heavy atom. The molecule has 1 heterocycles. The molecule has 1 aromatic heterocycles. The maximum absolute atomic E-state index is 14.2. The van der Waals surface area contributed by atoms with Crippen LogP contribution in [-0.4, -0.2) is 41.4 Å². The number of ether oxygens (including phenoxy) is 2. The van der Waals surface area contributed by atoms with Crippen molar-refractivity contribution < 1.29 is 23.9 Å². The molecular formula is C29H35N5O5S. The Hall–Kier alpha value is -4.12. The lowest BCUT2D eigenvalue weighted by Crippen LogP contribution is -2.47. The highest BCUT2D eigenvalue weighted by Crippen LogP contribution is 2.35. The van der Waals surface area contributed by atoms with Crippen molar-refractivity contribution in [1.29, 1.82) is 0 Å². The van der Waals surface area contributed by atoms with Gasteiger partial charge >= 0.3 is 0 Å². The van der Waals surface area contributed by atoms with Gasteiger partial charge < -0.3 is 26.3 Å². The number of carbonyl (C=O) groups is 3. The first-order valence-corrected chi connectivity index (χ1v) is 14.3. The smallest absolute Gasteiger partial charge is 0.273 e. The topological polar surface area (TPSA) is 150 Å². The van der Waals surface area contributed by atoms with Gasteiger partial charge in [0.15, 0.2) is 5.69 Å². The van der Waals surface area contributed by atoms with E-state index in [9.17, 15) is 14.4 Å². The minimum Gasteiger partial charge on any atom is -0.494 e. The van der Waals surface area contributed by atoms with Crippen molar-refractivity contribution in [3.8, 4) is 11.5 Å². The molecule has 4 rings (SSSR count).